The van der Waals surface area contributed by atoms with Gasteiger partial charge in [-0.2, -0.15) is 5.10 Å². The number of carbonyl (C=O) groups excluding carboxylic acids is 1. The first-order chi connectivity index (χ1) is 12.3. The van der Waals surface area contributed by atoms with Gasteiger partial charge in [0.2, 0.25) is 0 Å². The van der Waals surface area contributed by atoms with Crippen molar-refractivity contribution in [1.29, 1.82) is 0 Å². The Morgan fingerprint density at radius 2 is 1.85 bits per heavy atom. The molecule has 0 bridgehead atoms. The van der Waals surface area contributed by atoms with Crippen LogP contribution < -0.4 is 5.73 Å². The molecule has 0 radical (unpaired) electrons. The zero-order valence-corrected chi connectivity index (χ0v) is 15.9. The van der Waals surface area contributed by atoms with Crippen molar-refractivity contribution in [2.24, 2.45) is 5.73 Å². The van der Waals surface area contributed by atoms with E-state index in [1.165, 1.54) is 24.1 Å². The summed E-state index contributed by atoms with van der Waals surface area (Å²) < 4.78 is 2.04. The Kier molecular flexibility index (Phi) is 4.14. The van der Waals surface area contributed by atoms with Gasteiger partial charge in [0, 0.05) is 36.7 Å². The maximum atomic E-state index is 13.1. The Labute approximate surface area is 155 Å². The average Bonchev–Trinajstić information content (AvgIpc) is 3.22. The molecule has 5 heteroatoms. The minimum absolute atomic E-state index is 0.00350. The lowest BCUT2D eigenvalue weighted by atomic mass is 9.95. The van der Waals surface area contributed by atoms with Crippen LogP contribution >= 0.6 is 0 Å². The summed E-state index contributed by atoms with van der Waals surface area (Å²) in [4.78, 5) is 15.0. The van der Waals surface area contributed by atoms with E-state index >= 15 is 0 Å². The highest BCUT2D eigenvalue weighted by Gasteiger charge is 2.37. The zero-order chi connectivity index (χ0) is 18.5. The second-order valence-corrected chi connectivity index (χ2v) is 8.70. The van der Waals surface area contributed by atoms with Crippen molar-refractivity contribution in [2.75, 3.05) is 13.1 Å². The molecule has 1 saturated heterocycles. The summed E-state index contributed by atoms with van der Waals surface area (Å²) in [7, 11) is 0. The molecule has 2 heterocycles. The molecule has 1 aromatic carbocycles. The molecule has 1 amide bonds. The van der Waals surface area contributed by atoms with E-state index in [-0.39, 0.29) is 23.4 Å². The van der Waals surface area contributed by atoms with Crippen LogP contribution in [0, 0.1) is 0 Å². The maximum Gasteiger partial charge on any atom is 0.274 e. The van der Waals surface area contributed by atoms with Gasteiger partial charge >= 0.3 is 0 Å². The van der Waals surface area contributed by atoms with Crippen LogP contribution in [0.3, 0.4) is 0 Å². The first kappa shape index (κ1) is 17.3. The largest absolute Gasteiger partial charge is 0.335 e. The molecule has 0 unspecified atom stereocenters. The smallest absolute Gasteiger partial charge is 0.274 e. The van der Waals surface area contributed by atoms with Gasteiger partial charge in [0.05, 0.1) is 5.54 Å². The third-order valence-corrected chi connectivity index (χ3v) is 5.47. The number of rotatable bonds is 3. The van der Waals surface area contributed by atoms with Gasteiger partial charge in [-0.05, 0) is 45.2 Å². The van der Waals surface area contributed by atoms with E-state index in [1.807, 2.05) is 33.8 Å². The molecule has 5 nitrogen and oxygen atoms in total. The van der Waals surface area contributed by atoms with E-state index in [2.05, 4.69) is 32.9 Å². The lowest BCUT2D eigenvalue weighted by molar-refractivity contribution is 0.0781. The topological polar surface area (TPSA) is 64.2 Å². The summed E-state index contributed by atoms with van der Waals surface area (Å²) in [6.45, 7) is 7.65. The summed E-state index contributed by atoms with van der Waals surface area (Å²) in [6.07, 6.45) is 2.39. The molecule has 2 N–H and O–H groups in total. The van der Waals surface area contributed by atoms with Crippen LogP contribution in [0.15, 0.2) is 36.4 Å². The fraction of sp³-hybridized carbons (Fsp3) is 0.524. The standard InChI is InChI=1S/C21H28N4O/c1-21(2,3)25-19(15-9-10-15)11-18(23-25)20(26)24-12-16(17(22)13-24)14-7-5-4-6-8-14/h4-8,11,15-17H,9-10,12-13,22H2,1-3H3/t16-,17+/m0/s1. The molecular formula is C21H28N4O. The van der Waals surface area contributed by atoms with Gasteiger partial charge in [-0.25, -0.2) is 0 Å². The number of amides is 1. The summed E-state index contributed by atoms with van der Waals surface area (Å²) >= 11 is 0. The number of hydrogen-bond acceptors (Lipinski definition) is 3. The summed E-state index contributed by atoms with van der Waals surface area (Å²) in [6, 6.07) is 12.2. The minimum Gasteiger partial charge on any atom is -0.335 e. The van der Waals surface area contributed by atoms with Crippen LogP contribution in [0.5, 0.6) is 0 Å². The lowest BCUT2D eigenvalue weighted by Gasteiger charge is -2.22. The van der Waals surface area contributed by atoms with E-state index in [0.29, 0.717) is 24.7 Å². The fourth-order valence-electron chi connectivity index (χ4n) is 3.92. The van der Waals surface area contributed by atoms with Crippen LogP contribution in [-0.2, 0) is 5.54 Å². The molecule has 4 rings (SSSR count). The SMILES string of the molecule is CC(C)(C)n1nc(C(=O)N2C[C@@H](N)[C@H](c3ccccc3)C2)cc1C1CC1. The number of benzene rings is 1. The molecule has 26 heavy (non-hydrogen) atoms. The Morgan fingerprint density at radius 1 is 1.15 bits per heavy atom. The first-order valence-electron chi connectivity index (χ1n) is 9.55. The summed E-state index contributed by atoms with van der Waals surface area (Å²) in [5, 5.41) is 4.69. The Morgan fingerprint density at radius 3 is 2.46 bits per heavy atom. The first-order valence-corrected chi connectivity index (χ1v) is 9.55. The summed E-state index contributed by atoms with van der Waals surface area (Å²) in [5.41, 5.74) is 9.20. The third-order valence-electron chi connectivity index (χ3n) is 5.47. The number of nitrogens with two attached hydrogens (primary N) is 1. The monoisotopic (exact) mass is 352 g/mol. The molecule has 138 valence electrons. The number of likely N-dealkylation sites (tertiary alicyclic amines) is 1. The molecule has 2 aromatic rings. The average molecular weight is 352 g/mol. The molecule has 2 aliphatic rings. The molecule has 1 aromatic heterocycles. The van der Waals surface area contributed by atoms with E-state index in [9.17, 15) is 4.79 Å². The number of carbonyl (C=O) groups is 1. The molecule has 1 saturated carbocycles. The molecule has 2 atom stereocenters. The second kappa shape index (κ2) is 6.23. The minimum atomic E-state index is -0.121. The number of aromatic nitrogens is 2. The van der Waals surface area contributed by atoms with Crippen molar-refractivity contribution in [2.45, 2.75) is 57.0 Å². The Hall–Kier alpha value is -2.14. The van der Waals surface area contributed by atoms with Gasteiger partial charge in [-0.3, -0.25) is 9.48 Å². The van der Waals surface area contributed by atoms with Crippen LogP contribution in [-0.4, -0.2) is 39.7 Å². The lowest BCUT2D eigenvalue weighted by Crippen LogP contribution is -2.33. The van der Waals surface area contributed by atoms with Gasteiger partial charge < -0.3 is 10.6 Å². The Balaban J connectivity index is 1.57. The molecule has 1 aliphatic heterocycles. The Bertz CT molecular complexity index is 801. The predicted molar refractivity (Wildman–Crippen MR) is 102 cm³/mol. The van der Waals surface area contributed by atoms with Crippen LogP contribution in [0.4, 0.5) is 0 Å². The van der Waals surface area contributed by atoms with Gasteiger partial charge in [0.25, 0.3) is 5.91 Å². The van der Waals surface area contributed by atoms with Crippen molar-refractivity contribution < 1.29 is 4.79 Å². The van der Waals surface area contributed by atoms with Crippen molar-refractivity contribution in [3.05, 3.63) is 53.3 Å². The number of nitrogens with zero attached hydrogens (tertiary/aromatic N) is 3. The van der Waals surface area contributed by atoms with Crippen LogP contribution in [0.1, 0.15) is 67.2 Å². The van der Waals surface area contributed by atoms with E-state index in [1.54, 1.807) is 0 Å². The summed E-state index contributed by atoms with van der Waals surface area (Å²) in [5.74, 6) is 0.748. The number of hydrogen-bond donors (Lipinski definition) is 1. The van der Waals surface area contributed by atoms with Crippen molar-refractivity contribution >= 4 is 5.91 Å². The molecule has 0 spiro atoms. The van der Waals surface area contributed by atoms with Gasteiger partial charge in [0.1, 0.15) is 0 Å². The van der Waals surface area contributed by atoms with E-state index < -0.39 is 0 Å². The van der Waals surface area contributed by atoms with Gasteiger partial charge in [0.15, 0.2) is 5.69 Å². The van der Waals surface area contributed by atoms with Crippen LogP contribution in [0.25, 0.3) is 0 Å². The van der Waals surface area contributed by atoms with Crippen LogP contribution in [0.2, 0.25) is 0 Å². The zero-order valence-electron chi connectivity index (χ0n) is 15.9. The highest BCUT2D eigenvalue weighted by Crippen LogP contribution is 2.42. The van der Waals surface area contributed by atoms with Gasteiger partial charge in [-0.15, -0.1) is 0 Å². The quantitative estimate of drug-likeness (QED) is 0.923. The van der Waals surface area contributed by atoms with E-state index in [0.717, 1.165) is 0 Å². The van der Waals surface area contributed by atoms with Crippen molar-refractivity contribution in [3.63, 3.8) is 0 Å². The maximum absolute atomic E-state index is 13.1. The second-order valence-electron chi connectivity index (χ2n) is 8.70. The van der Waals surface area contributed by atoms with Gasteiger partial charge in [-0.1, -0.05) is 30.3 Å². The highest BCUT2D eigenvalue weighted by atomic mass is 16.2. The molecule has 1 aliphatic carbocycles. The van der Waals surface area contributed by atoms with Crippen molar-refractivity contribution in [3.8, 4) is 0 Å². The predicted octanol–water partition coefficient (Wildman–Crippen LogP) is 3.08. The highest BCUT2D eigenvalue weighted by molar-refractivity contribution is 5.92. The molecule has 2 fully saturated rings. The fourth-order valence-corrected chi connectivity index (χ4v) is 3.92. The molecular weight excluding hydrogens is 324 g/mol. The third kappa shape index (κ3) is 3.16. The van der Waals surface area contributed by atoms with E-state index in [4.69, 9.17) is 10.8 Å². The normalized spacial score (nSPS) is 23.5. The van der Waals surface area contributed by atoms with Crippen molar-refractivity contribution in [1.82, 2.24) is 14.7 Å².